The third kappa shape index (κ3) is 4.19. The molecular formula is C19H23NO4. The Kier molecular flexibility index (Phi) is 6.07. The van der Waals surface area contributed by atoms with Gasteiger partial charge in [0.1, 0.15) is 5.75 Å². The summed E-state index contributed by atoms with van der Waals surface area (Å²) in [6, 6.07) is 11.1. The molecule has 5 heteroatoms. The van der Waals surface area contributed by atoms with E-state index >= 15 is 0 Å². The van der Waals surface area contributed by atoms with Crippen molar-refractivity contribution in [3.05, 3.63) is 53.1 Å². The number of carbonyl (C=O) groups is 1. The van der Waals surface area contributed by atoms with Gasteiger partial charge in [0.15, 0.2) is 18.1 Å². The highest BCUT2D eigenvalue weighted by molar-refractivity contribution is 5.77. The molecule has 1 amide bonds. The van der Waals surface area contributed by atoms with Crippen LogP contribution in [0.3, 0.4) is 0 Å². The Balaban J connectivity index is 1.91. The molecule has 128 valence electrons. The summed E-state index contributed by atoms with van der Waals surface area (Å²) >= 11 is 0. The lowest BCUT2D eigenvalue weighted by Crippen LogP contribution is -2.28. The van der Waals surface area contributed by atoms with Crippen molar-refractivity contribution < 1.29 is 19.0 Å². The number of rotatable bonds is 7. The van der Waals surface area contributed by atoms with Crippen molar-refractivity contribution in [2.45, 2.75) is 20.4 Å². The first kappa shape index (κ1) is 17.7. The summed E-state index contributed by atoms with van der Waals surface area (Å²) in [6.07, 6.45) is 0. The molecule has 2 aromatic rings. The molecule has 0 aliphatic carbocycles. The van der Waals surface area contributed by atoms with E-state index in [1.54, 1.807) is 26.4 Å². The fourth-order valence-corrected chi connectivity index (χ4v) is 2.39. The Morgan fingerprint density at radius 3 is 2.25 bits per heavy atom. The molecule has 0 bridgehead atoms. The highest BCUT2D eigenvalue weighted by atomic mass is 16.5. The lowest BCUT2D eigenvalue weighted by Gasteiger charge is -2.14. The van der Waals surface area contributed by atoms with Gasteiger partial charge in [-0.2, -0.15) is 0 Å². The molecule has 2 rings (SSSR count). The second kappa shape index (κ2) is 8.24. The summed E-state index contributed by atoms with van der Waals surface area (Å²) in [4.78, 5) is 12.0. The summed E-state index contributed by atoms with van der Waals surface area (Å²) in [5, 5.41) is 2.87. The van der Waals surface area contributed by atoms with E-state index in [9.17, 15) is 4.79 Å². The second-order valence-electron chi connectivity index (χ2n) is 5.39. The molecule has 1 N–H and O–H groups in total. The molecule has 0 unspecified atom stereocenters. The maximum Gasteiger partial charge on any atom is 0.258 e. The van der Waals surface area contributed by atoms with Crippen LogP contribution in [0.15, 0.2) is 36.4 Å². The van der Waals surface area contributed by atoms with Crippen LogP contribution in [-0.2, 0) is 11.3 Å². The molecule has 0 heterocycles. The largest absolute Gasteiger partial charge is 0.496 e. The summed E-state index contributed by atoms with van der Waals surface area (Å²) in [5.74, 6) is 1.81. The van der Waals surface area contributed by atoms with Crippen LogP contribution in [0.1, 0.15) is 16.7 Å². The topological polar surface area (TPSA) is 56.8 Å². The van der Waals surface area contributed by atoms with Gasteiger partial charge in [0, 0.05) is 6.54 Å². The Morgan fingerprint density at radius 2 is 1.58 bits per heavy atom. The number of methoxy groups -OCH3 is 2. The van der Waals surface area contributed by atoms with Gasteiger partial charge in [0.2, 0.25) is 0 Å². The van der Waals surface area contributed by atoms with E-state index in [2.05, 4.69) is 5.32 Å². The molecule has 0 aliphatic rings. The maximum absolute atomic E-state index is 12.0. The van der Waals surface area contributed by atoms with Crippen LogP contribution in [-0.4, -0.2) is 26.7 Å². The Morgan fingerprint density at radius 1 is 0.917 bits per heavy atom. The first-order chi connectivity index (χ1) is 11.6. The minimum Gasteiger partial charge on any atom is -0.496 e. The molecule has 0 radical (unpaired) electrons. The lowest BCUT2D eigenvalue weighted by atomic mass is 10.0. The zero-order valence-corrected chi connectivity index (χ0v) is 14.5. The summed E-state index contributed by atoms with van der Waals surface area (Å²) in [6.45, 7) is 4.41. The van der Waals surface area contributed by atoms with Crippen molar-refractivity contribution >= 4 is 5.91 Å². The van der Waals surface area contributed by atoms with Gasteiger partial charge in [-0.3, -0.25) is 4.79 Å². The smallest absolute Gasteiger partial charge is 0.258 e. The standard InChI is InChI=1S/C19H23NO4/c1-13-14(2)16(22-3)10-9-15(13)11-20-19(21)12-24-18-8-6-5-7-17(18)23-4/h5-10H,11-12H2,1-4H3,(H,20,21). The predicted octanol–water partition coefficient (Wildman–Crippen LogP) is 3.02. The van der Waals surface area contributed by atoms with E-state index in [-0.39, 0.29) is 12.5 Å². The number of amides is 1. The summed E-state index contributed by atoms with van der Waals surface area (Å²) in [7, 11) is 3.22. The maximum atomic E-state index is 12.0. The predicted molar refractivity (Wildman–Crippen MR) is 92.8 cm³/mol. The number of nitrogens with one attached hydrogen (secondary N) is 1. The highest BCUT2D eigenvalue weighted by Crippen LogP contribution is 2.26. The zero-order chi connectivity index (χ0) is 17.5. The van der Waals surface area contributed by atoms with E-state index < -0.39 is 0 Å². The average molecular weight is 329 g/mol. The van der Waals surface area contributed by atoms with E-state index in [1.165, 1.54) is 0 Å². The van der Waals surface area contributed by atoms with Crippen LogP contribution >= 0.6 is 0 Å². The second-order valence-corrected chi connectivity index (χ2v) is 5.39. The fraction of sp³-hybridized carbons (Fsp3) is 0.316. The molecule has 5 nitrogen and oxygen atoms in total. The van der Waals surface area contributed by atoms with Gasteiger partial charge in [0.05, 0.1) is 14.2 Å². The van der Waals surface area contributed by atoms with Gasteiger partial charge in [0.25, 0.3) is 5.91 Å². The summed E-state index contributed by atoms with van der Waals surface area (Å²) < 4.78 is 16.0. The number of carbonyl (C=O) groups excluding carboxylic acids is 1. The molecule has 0 saturated carbocycles. The minimum absolute atomic E-state index is 0.0610. The van der Waals surface area contributed by atoms with E-state index in [4.69, 9.17) is 14.2 Å². The minimum atomic E-state index is -0.186. The van der Waals surface area contributed by atoms with Crippen LogP contribution < -0.4 is 19.5 Å². The first-order valence-electron chi connectivity index (χ1n) is 7.72. The molecule has 2 aromatic carbocycles. The van der Waals surface area contributed by atoms with E-state index in [0.717, 1.165) is 22.4 Å². The van der Waals surface area contributed by atoms with Gasteiger partial charge in [-0.25, -0.2) is 0 Å². The number of hydrogen-bond donors (Lipinski definition) is 1. The van der Waals surface area contributed by atoms with E-state index in [0.29, 0.717) is 18.0 Å². The molecule has 0 spiro atoms. The van der Waals surface area contributed by atoms with Crippen molar-refractivity contribution in [3.63, 3.8) is 0 Å². The Hall–Kier alpha value is -2.69. The zero-order valence-electron chi connectivity index (χ0n) is 14.5. The monoisotopic (exact) mass is 329 g/mol. The third-order valence-electron chi connectivity index (χ3n) is 3.97. The number of hydrogen-bond acceptors (Lipinski definition) is 4. The van der Waals surface area contributed by atoms with Gasteiger partial charge in [-0.1, -0.05) is 18.2 Å². The van der Waals surface area contributed by atoms with Crippen molar-refractivity contribution in [1.29, 1.82) is 0 Å². The van der Waals surface area contributed by atoms with Gasteiger partial charge < -0.3 is 19.5 Å². The molecule has 24 heavy (non-hydrogen) atoms. The normalized spacial score (nSPS) is 10.2. The van der Waals surface area contributed by atoms with Gasteiger partial charge in [-0.05, 0) is 48.7 Å². The number of para-hydroxylation sites is 2. The van der Waals surface area contributed by atoms with Crippen LogP contribution in [0.2, 0.25) is 0 Å². The molecular weight excluding hydrogens is 306 g/mol. The fourth-order valence-electron chi connectivity index (χ4n) is 2.39. The average Bonchev–Trinajstić information content (AvgIpc) is 2.61. The molecule has 0 atom stereocenters. The Bertz CT molecular complexity index is 713. The Labute approximate surface area is 142 Å². The highest BCUT2D eigenvalue weighted by Gasteiger charge is 2.09. The van der Waals surface area contributed by atoms with Crippen molar-refractivity contribution in [3.8, 4) is 17.2 Å². The van der Waals surface area contributed by atoms with Gasteiger partial charge in [-0.15, -0.1) is 0 Å². The van der Waals surface area contributed by atoms with Crippen LogP contribution in [0, 0.1) is 13.8 Å². The molecule has 0 fully saturated rings. The van der Waals surface area contributed by atoms with Crippen molar-refractivity contribution in [2.24, 2.45) is 0 Å². The lowest BCUT2D eigenvalue weighted by molar-refractivity contribution is -0.123. The molecule has 0 aromatic heterocycles. The number of ether oxygens (including phenoxy) is 3. The van der Waals surface area contributed by atoms with Gasteiger partial charge >= 0.3 is 0 Å². The van der Waals surface area contributed by atoms with Crippen molar-refractivity contribution in [1.82, 2.24) is 5.32 Å². The van der Waals surface area contributed by atoms with Crippen LogP contribution in [0.4, 0.5) is 0 Å². The quantitative estimate of drug-likeness (QED) is 0.848. The molecule has 0 saturated heterocycles. The number of benzene rings is 2. The SMILES string of the molecule is COc1ccccc1OCC(=O)NCc1ccc(OC)c(C)c1C. The van der Waals surface area contributed by atoms with E-state index in [1.807, 2.05) is 38.1 Å². The van der Waals surface area contributed by atoms with Crippen molar-refractivity contribution in [2.75, 3.05) is 20.8 Å². The summed E-state index contributed by atoms with van der Waals surface area (Å²) in [5.41, 5.74) is 3.24. The third-order valence-corrected chi connectivity index (χ3v) is 3.97. The first-order valence-corrected chi connectivity index (χ1v) is 7.72. The van der Waals surface area contributed by atoms with Crippen LogP contribution in [0.5, 0.6) is 17.2 Å². The van der Waals surface area contributed by atoms with Crippen LogP contribution in [0.25, 0.3) is 0 Å². The molecule has 0 aliphatic heterocycles.